The van der Waals surface area contributed by atoms with Gasteiger partial charge in [-0.2, -0.15) is 0 Å². The molecule has 1 heterocycles. The van der Waals surface area contributed by atoms with E-state index in [-0.39, 0.29) is 24.3 Å². The SMILES string of the molecule is CS(=O)(=O)Nc1ccccc1NC(=O)CCC(=O)c1ccc2c(c1)OCCO2. The number of para-hydroxylation sites is 2. The van der Waals surface area contributed by atoms with Gasteiger partial charge >= 0.3 is 0 Å². The summed E-state index contributed by atoms with van der Waals surface area (Å²) in [5.41, 5.74) is 1.03. The number of rotatable bonds is 7. The van der Waals surface area contributed by atoms with Gasteiger partial charge in [-0.25, -0.2) is 8.42 Å². The number of amides is 1. The van der Waals surface area contributed by atoms with Gasteiger partial charge in [-0.05, 0) is 30.3 Å². The number of hydrogen-bond acceptors (Lipinski definition) is 6. The standard InChI is InChI=1S/C19H20N2O6S/c1-28(24,25)21-15-5-3-2-4-14(15)20-19(23)9-7-16(22)13-6-8-17-18(12-13)27-11-10-26-17/h2-6,8,12,21H,7,9-11H2,1H3,(H,20,23). The van der Waals surface area contributed by atoms with Crippen LogP contribution in [0.2, 0.25) is 0 Å². The van der Waals surface area contributed by atoms with Crippen molar-refractivity contribution in [2.75, 3.05) is 29.5 Å². The lowest BCUT2D eigenvalue weighted by Gasteiger charge is -2.18. The first-order valence-corrected chi connectivity index (χ1v) is 10.5. The first kappa shape index (κ1) is 19.7. The summed E-state index contributed by atoms with van der Waals surface area (Å²) in [5.74, 6) is 0.515. The Labute approximate surface area is 162 Å². The molecule has 0 saturated carbocycles. The topological polar surface area (TPSA) is 111 Å². The lowest BCUT2D eigenvalue weighted by molar-refractivity contribution is -0.116. The van der Waals surface area contributed by atoms with E-state index in [0.29, 0.717) is 36.0 Å². The molecule has 0 aromatic heterocycles. The van der Waals surface area contributed by atoms with E-state index in [2.05, 4.69) is 10.0 Å². The van der Waals surface area contributed by atoms with Crippen molar-refractivity contribution in [3.63, 3.8) is 0 Å². The van der Waals surface area contributed by atoms with Crippen molar-refractivity contribution in [1.82, 2.24) is 0 Å². The molecular weight excluding hydrogens is 384 g/mol. The van der Waals surface area contributed by atoms with E-state index in [1.165, 1.54) is 6.07 Å². The lowest BCUT2D eigenvalue weighted by Crippen LogP contribution is -2.17. The molecule has 9 heteroatoms. The van der Waals surface area contributed by atoms with Crippen molar-refractivity contribution in [2.24, 2.45) is 0 Å². The Morgan fingerprint density at radius 2 is 1.64 bits per heavy atom. The van der Waals surface area contributed by atoms with Crippen molar-refractivity contribution in [3.8, 4) is 11.5 Å². The maximum atomic E-state index is 12.4. The first-order chi connectivity index (χ1) is 13.3. The predicted octanol–water partition coefficient (Wildman–Crippen LogP) is 2.43. The summed E-state index contributed by atoms with van der Waals surface area (Å²) in [4.78, 5) is 24.6. The third-order valence-corrected chi connectivity index (χ3v) is 4.53. The third-order valence-electron chi connectivity index (χ3n) is 3.94. The summed E-state index contributed by atoms with van der Waals surface area (Å²) in [5, 5.41) is 2.63. The molecular formula is C19H20N2O6S. The minimum atomic E-state index is -3.48. The van der Waals surface area contributed by atoms with E-state index in [4.69, 9.17) is 9.47 Å². The molecule has 0 spiro atoms. The third kappa shape index (κ3) is 5.23. The quantitative estimate of drug-likeness (QED) is 0.686. The Morgan fingerprint density at radius 1 is 0.964 bits per heavy atom. The molecule has 1 aliphatic rings. The van der Waals surface area contributed by atoms with Gasteiger partial charge in [0, 0.05) is 18.4 Å². The molecule has 0 radical (unpaired) electrons. The normalized spacial score (nSPS) is 12.9. The van der Waals surface area contributed by atoms with Gasteiger partial charge in [0.05, 0.1) is 17.6 Å². The molecule has 0 atom stereocenters. The van der Waals surface area contributed by atoms with Crippen LogP contribution in [0, 0.1) is 0 Å². The van der Waals surface area contributed by atoms with Crippen LogP contribution in [-0.2, 0) is 14.8 Å². The summed E-state index contributed by atoms with van der Waals surface area (Å²) in [6.07, 6.45) is 0.991. The van der Waals surface area contributed by atoms with Gasteiger partial charge in [-0.3, -0.25) is 14.3 Å². The van der Waals surface area contributed by atoms with Crippen molar-refractivity contribution in [2.45, 2.75) is 12.8 Å². The van der Waals surface area contributed by atoms with Gasteiger partial charge in [0.25, 0.3) is 0 Å². The van der Waals surface area contributed by atoms with Crippen LogP contribution in [0.15, 0.2) is 42.5 Å². The molecule has 0 aliphatic carbocycles. The van der Waals surface area contributed by atoms with Crippen LogP contribution in [0.4, 0.5) is 11.4 Å². The zero-order chi connectivity index (χ0) is 20.1. The fourth-order valence-electron chi connectivity index (χ4n) is 2.68. The highest BCUT2D eigenvalue weighted by molar-refractivity contribution is 7.92. The molecule has 3 rings (SSSR count). The molecule has 0 saturated heterocycles. The molecule has 0 fully saturated rings. The van der Waals surface area contributed by atoms with E-state index in [1.54, 1.807) is 36.4 Å². The Balaban J connectivity index is 1.60. The zero-order valence-electron chi connectivity index (χ0n) is 15.2. The molecule has 0 bridgehead atoms. The summed E-state index contributed by atoms with van der Waals surface area (Å²) >= 11 is 0. The second-order valence-corrected chi connectivity index (χ2v) is 8.00. The van der Waals surface area contributed by atoms with Gasteiger partial charge in [0.2, 0.25) is 15.9 Å². The number of Topliss-reactive ketones (excluding diaryl/α,β-unsaturated/α-hetero) is 1. The molecule has 1 amide bonds. The summed E-state index contributed by atoms with van der Waals surface area (Å²) < 4.78 is 36.1. The number of benzene rings is 2. The van der Waals surface area contributed by atoms with Crippen LogP contribution in [0.3, 0.4) is 0 Å². The van der Waals surface area contributed by atoms with Crippen molar-refractivity contribution in [3.05, 3.63) is 48.0 Å². The Morgan fingerprint density at radius 3 is 2.36 bits per heavy atom. The number of carbonyl (C=O) groups excluding carboxylic acids is 2. The first-order valence-electron chi connectivity index (χ1n) is 8.61. The average molecular weight is 404 g/mol. The number of ketones is 1. The van der Waals surface area contributed by atoms with Crippen molar-refractivity contribution >= 4 is 33.1 Å². The maximum absolute atomic E-state index is 12.4. The van der Waals surface area contributed by atoms with Crippen LogP contribution >= 0.6 is 0 Å². The summed E-state index contributed by atoms with van der Waals surface area (Å²) in [6, 6.07) is 11.4. The summed E-state index contributed by atoms with van der Waals surface area (Å²) in [6.45, 7) is 0.893. The number of nitrogens with one attached hydrogen (secondary N) is 2. The molecule has 2 aromatic rings. The van der Waals surface area contributed by atoms with Gasteiger partial charge in [0.1, 0.15) is 13.2 Å². The van der Waals surface area contributed by atoms with Gasteiger partial charge in [-0.1, -0.05) is 12.1 Å². The van der Waals surface area contributed by atoms with Crippen LogP contribution in [0.5, 0.6) is 11.5 Å². The fourth-order valence-corrected chi connectivity index (χ4v) is 3.26. The molecule has 8 nitrogen and oxygen atoms in total. The largest absolute Gasteiger partial charge is 0.486 e. The number of hydrogen-bond donors (Lipinski definition) is 2. The molecule has 1 aliphatic heterocycles. The Bertz CT molecular complexity index is 1000. The van der Waals surface area contributed by atoms with Crippen molar-refractivity contribution < 1.29 is 27.5 Å². The monoisotopic (exact) mass is 404 g/mol. The zero-order valence-corrected chi connectivity index (χ0v) is 16.0. The second kappa shape index (κ2) is 8.30. The summed E-state index contributed by atoms with van der Waals surface area (Å²) in [7, 11) is -3.48. The average Bonchev–Trinajstić information content (AvgIpc) is 2.66. The highest BCUT2D eigenvalue weighted by Crippen LogP contribution is 2.31. The van der Waals surface area contributed by atoms with Crippen LogP contribution in [0.25, 0.3) is 0 Å². The number of sulfonamides is 1. The highest BCUT2D eigenvalue weighted by Gasteiger charge is 2.16. The number of fused-ring (bicyclic) bond motifs is 1. The second-order valence-electron chi connectivity index (χ2n) is 6.25. The molecule has 2 N–H and O–H groups in total. The van der Waals surface area contributed by atoms with E-state index < -0.39 is 15.9 Å². The van der Waals surface area contributed by atoms with Gasteiger partial charge in [-0.15, -0.1) is 0 Å². The fraction of sp³-hybridized carbons (Fsp3) is 0.263. The van der Waals surface area contributed by atoms with Crippen LogP contribution < -0.4 is 19.5 Å². The lowest BCUT2D eigenvalue weighted by atomic mass is 10.1. The van der Waals surface area contributed by atoms with E-state index in [9.17, 15) is 18.0 Å². The highest BCUT2D eigenvalue weighted by atomic mass is 32.2. The Kier molecular flexibility index (Phi) is 5.84. The predicted molar refractivity (Wildman–Crippen MR) is 105 cm³/mol. The molecule has 0 unspecified atom stereocenters. The minimum Gasteiger partial charge on any atom is -0.486 e. The molecule has 2 aromatic carbocycles. The number of ether oxygens (including phenoxy) is 2. The Hall–Kier alpha value is -3.07. The van der Waals surface area contributed by atoms with Gasteiger partial charge in [0.15, 0.2) is 17.3 Å². The van der Waals surface area contributed by atoms with E-state index >= 15 is 0 Å². The minimum absolute atomic E-state index is 0.00709. The number of carbonyl (C=O) groups is 2. The van der Waals surface area contributed by atoms with Gasteiger partial charge < -0.3 is 14.8 Å². The van der Waals surface area contributed by atoms with E-state index in [1.807, 2.05) is 0 Å². The van der Waals surface area contributed by atoms with Crippen LogP contribution in [0.1, 0.15) is 23.2 Å². The molecule has 28 heavy (non-hydrogen) atoms. The van der Waals surface area contributed by atoms with E-state index in [0.717, 1.165) is 6.26 Å². The maximum Gasteiger partial charge on any atom is 0.229 e. The number of anilines is 2. The smallest absolute Gasteiger partial charge is 0.229 e. The van der Waals surface area contributed by atoms with Crippen LogP contribution in [-0.4, -0.2) is 39.6 Å². The molecule has 148 valence electrons. The van der Waals surface area contributed by atoms with Crippen molar-refractivity contribution in [1.29, 1.82) is 0 Å².